The lowest BCUT2D eigenvalue weighted by Gasteiger charge is -2.13. The number of carbonyl (C=O) groups excluding carboxylic acids is 2. The summed E-state index contributed by atoms with van der Waals surface area (Å²) < 4.78 is 5.09. The molecule has 0 unspecified atom stereocenters. The molecule has 1 amide bonds. The van der Waals surface area contributed by atoms with Crippen LogP contribution in [0.15, 0.2) is 53.4 Å². The van der Waals surface area contributed by atoms with Crippen LogP contribution in [0.4, 0.5) is 11.4 Å². The molecular weight excluding hydrogens is 392 g/mol. The lowest BCUT2D eigenvalue weighted by molar-refractivity contribution is -0.383. The van der Waals surface area contributed by atoms with Gasteiger partial charge in [-0.3, -0.25) is 19.7 Å². The summed E-state index contributed by atoms with van der Waals surface area (Å²) in [6, 6.07) is 13.0. The summed E-state index contributed by atoms with van der Waals surface area (Å²) in [5.41, 5.74) is -0.183. The second-order valence-corrected chi connectivity index (χ2v) is 7.05. The third kappa shape index (κ3) is 6.58. The molecule has 0 saturated carbocycles. The lowest BCUT2D eigenvalue weighted by Crippen LogP contribution is -2.30. The van der Waals surface area contributed by atoms with Crippen LogP contribution in [0.25, 0.3) is 0 Å². The number of benzene rings is 2. The van der Waals surface area contributed by atoms with Crippen molar-refractivity contribution >= 4 is 46.6 Å². The van der Waals surface area contributed by atoms with Gasteiger partial charge in [0.05, 0.1) is 11.3 Å². The van der Waals surface area contributed by atoms with E-state index in [0.29, 0.717) is 10.8 Å². The van der Waals surface area contributed by atoms with Gasteiger partial charge in [-0.05, 0) is 37.3 Å². The average Bonchev–Trinajstić information content (AvgIpc) is 2.63. The molecule has 0 aliphatic rings. The highest BCUT2D eigenvalue weighted by Crippen LogP contribution is 2.24. The quantitative estimate of drug-likeness (QED) is 0.302. The van der Waals surface area contributed by atoms with E-state index in [1.54, 1.807) is 18.2 Å². The van der Waals surface area contributed by atoms with Crippen molar-refractivity contribution in [3.63, 3.8) is 0 Å². The highest BCUT2D eigenvalue weighted by Gasteiger charge is 2.21. The number of nitrogens with one attached hydrogen (secondary N) is 1. The van der Waals surface area contributed by atoms with E-state index < -0.39 is 22.9 Å². The second kappa shape index (κ2) is 9.94. The maximum Gasteiger partial charge on any atom is 0.307 e. The van der Waals surface area contributed by atoms with Crippen molar-refractivity contribution in [2.75, 3.05) is 11.1 Å². The van der Waals surface area contributed by atoms with E-state index in [1.807, 2.05) is 12.1 Å². The monoisotopic (exact) mass is 408 g/mol. The van der Waals surface area contributed by atoms with Gasteiger partial charge in [-0.15, -0.1) is 11.8 Å². The van der Waals surface area contributed by atoms with Gasteiger partial charge >= 0.3 is 5.97 Å². The largest absolute Gasteiger partial charge is 0.453 e. The molecule has 2 aromatic carbocycles. The molecule has 0 saturated heterocycles. The van der Waals surface area contributed by atoms with Gasteiger partial charge in [0, 0.05) is 21.7 Å². The van der Waals surface area contributed by atoms with Crippen LogP contribution in [0.3, 0.4) is 0 Å². The minimum atomic E-state index is -1.07. The molecule has 0 aromatic heterocycles. The molecule has 0 aliphatic carbocycles. The van der Waals surface area contributed by atoms with Crippen LogP contribution in [0.5, 0.6) is 0 Å². The number of anilines is 1. The number of carbonyl (C=O) groups is 2. The summed E-state index contributed by atoms with van der Waals surface area (Å²) >= 11 is 7.28. The van der Waals surface area contributed by atoms with Crippen molar-refractivity contribution in [1.82, 2.24) is 0 Å². The molecular formula is C18H17ClN2O5S. The first kappa shape index (κ1) is 20.7. The van der Waals surface area contributed by atoms with Gasteiger partial charge in [-0.1, -0.05) is 23.7 Å². The number of esters is 1. The minimum absolute atomic E-state index is 0.0497. The number of ether oxygens (including phenoxy) is 1. The van der Waals surface area contributed by atoms with Crippen LogP contribution in [0.2, 0.25) is 5.02 Å². The summed E-state index contributed by atoms with van der Waals surface area (Å²) in [7, 11) is 0. The number of rotatable bonds is 8. The number of halogens is 1. The van der Waals surface area contributed by atoms with E-state index in [-0.39, 0.29) is 17.8 Å². The topological polar surface area (TPSA) is 98.5 Å². The SMILES string of the molecule is C[C@@H](OC(=O)CCSc1ccc(Cl)cc1)C(=O)Nc1ccccc1[N+](=O)[O-]. The molecule has 1 N–H and O–H groups in total. The van der Waals surface area contributed by atoms with E-state index >= 15 is 0 Å². The first-order valence-corrected chi connectivity index (χ1v) is 9.35. The Morgan fingerprint density at radius 2 is 1.89 bits per heavy atom. The standard InChI is InChI=1S/C18H17ClN2O5S/c1-12(18(23)20-15-4-2-3-5-16(15)21(24)25)26-17(22)10-11-27-14-8-6-13(19)7-9-14/h2-9,12H,10-11H2,1H3,(H,20,23)/t12-/m1/s1. The number of para-hydroxylation sites is 2. The van der Waals surface area contributed by atoms with Crippen LogP contribution < -0.4 is 5.32 Å². The Kier molecular flexibility index (Phi) is 7.63. The normalized spacial score (nSPS) is 11.5. The Morgan fingerprint density at radius 1 is 1.22 bits per heavy atom. The van der Waals surface area contributed by atoms with Crippen LogP contribution in [-0.4, -0.2) is 28.7 Å². The predicted molar refractivity (Wildman–Crippen MR) is 104 cm³/mol. The summed E-state index contributed by atoms with van der Waals surface area (Å²) in [6.07, 6.45) is -0.950. The third-order valence-corrected chi connectivity index (χ3v) is 4.69. The second-order valence-electron chi connectivity index (χ2n) is 5.45. The van der Waals surface area contributed by atoms with E-state index in [0.717, 1.165) is 4.90 Å². The average molecular weight is 409 g/mol. The van der Waals surface area contributed by atoms with Gasteiger partial charge in [0.1, 0.15) is 5.69 Å². The van der Waals surface area contributed by atoms with Gasteiger partial charge in [0.2, 0.25) is 0 Å². The summed E-state index contributed by atoms with van der Waals surface area (Å²) in [5.74, 6) is -0.677. The number of nitrogens with zero attached hydrogens (tertiary/aromatic N) is 1. The molecule has 2 rings (SSSR count). The fourth-order valence-corrected chi connectivity index (χ4v) is 3.02. The molecule has 7 nitrogen and oxygen atoms in total. The van der Waals surface area contributed by atoms with Gasteiger partial charge < -0.3 is 10.1 Å². The maximum atomic E-state index is 12.1. The van der Waals surface area contributed by atoms with E-state index in [2.05, 4.69) is 5.32 Å². The van der Waals surface area contributed by atoms with Crippen LogP contribution in [0.1, 0.15) is 13.3 Å². The van der Waals surface area contributed by atoms with Gasteiger partial charge in [-0.2, -0.15) is 0 Å². The van der Waals surface area contributed by atoms with Crippen LogP contribution in [0, 0.1) is 10.1 Å². The summed E-state index contributed by atoms with van der Waals surface area (Å²) in [5, 5.41) is 14.0. The smallest absolute Gasteiger partial charge is 0.307 e. The van der Waals surface area contributed by atoms with Gasteiger partial charge in [-0.25, -0.2) is 0 Å². The number of nitro benzene ring substituents is 1. The van der Waals surface area contributed by atoms with Crippen molar-refractivity contribution in [3.05, 3.63) is 63.7 Å². The zero-order valence-electron chi connectivity index (χ0n) is 14.4. The Labute approximate surface area is 165 Å². The van der Waals surface area contributed by atoms with Gasteiger partial charge in [0.25, 0.3) is 11.6 Å². The van der Waals surface area contributed by atoms with Crippen LogP contribution >= 0.6 is 23.4 Å². The Morgan fingerprint density at radius 3 is 2.56 bits per heavy atom. The van der Waals surface area contributed by atoms with Crippen molar-refractivity contribution in [2.45, 2.75) is 24.3 Å². The predicted octanol–water partition coefficient (Wildman–Crippen LogP) is 4.30. The van der Waals surface area contributed by atoms with Crippen molar-refractivity contribution < 1.29 is 19.2 Å². The van der Waals surface area contributed by atoms with Crippen molar-refractivity contribution in [1.29, 1.82) is 0 Å². The number of hydrogen-bond acceptors (Lipinski definition) is 6. The highest BCUT2D eigenvalue weighted by atomic mass is 35.5. The maximum absolute atomic E-state index is 12.1. The fourth-order valence-electron chi connectivity index (χ4n) is 2.07. The molecule has 0 fully saturated rings. The first-order valence-electron chi connectivity index (χ1n) is 7.99. The Hall–Kier alpha value is -2.58. The summed E-state index contributed by atoms with van der Waals surface area (Å²) in [6.45, 7) is 1.41. The molecule has 27 heavy (non-hydrogen) atoms. The van der Waals surface area contributed by atoms with Crippen molar-refractivity contribution in [2.24, 2.45) is 0 Å². The Bertz CT molecular complexity index is 829. The number of thioether (sulfide) groups is 1. The molecule has 0 radical (unpaired) electrons. The fraction of sp³-hybridized carbons (Fsp3) is 0.222. The molecule has 0 aliphatic heterocycles. The molecule has 1 atom stereocenters. The zero-order chi connectivity index (χ0) is 19.8. The molecule has 0 bridgehead atoms. The minimum Gasteiger partial charge on any atom is -0.453 e. The van der Waals surface area contributed by atoms with Gasteiger partial charge in [0.15, 0.2) is 6.10 Å². The molecule has 142 valence electrons. The first-order chi connectivity index (χ1) is 12.9. The lowest BCUT2D eigenvalue weighted by atomic mass is 10.2. The van der Waals surface area contributed by atoms with E-state index in [1.165, 1.54) is 36.9 Å². The summed E-state index contributed by atoms with van der Waals surface area (Å²) in [4.78, 5) is 35.3. The molecule has 0 heterocycles. The molecule has 9 heteroatoms. The van der Waals surface area contributed by atoms with E-state index in [9.17, 15) is 19.7 Å². The molecule has 0 spiro atoms. The molecule has 2 aromatic rings. The van der Waals surface area contributed by atoms with E-state index in [4.69, 9.17) is 16.3 Å². The highest BCUT2D eigenvalue weighted by molar-refractivity contribution is 7.99. The van der Waals surface area contributed by atoms with Crippen molar-refractivity contribution in [3.8, 4) is 0 Å². The number of nitro groups is 1. The zero-order valence-corrected chi connectivity index (χ0v) is 16.0. The number of hydrogen-bond donors (Lipinski definition) is 1. The third-order valence-electron chi connectivity index (χ3n) is 3.42. The van der Waals surface area contributed by atoms with Crippen LogP contribution in [-0.2, 0) is 14.3 Å². The number of amides is 1. The Balaban J connectivity index is 1.80.